The van der Waals surface area contributed by atoms with E-state index < -0.39 is 11.8 Å². The number of carbonyl (C=O) groups excluding carboxylic acids is 2. The van der Waals surface area contributed by atoms with E-state index in [-0.39, 0.29) is 42.1 Å². The average Bonchev–Trinajstić information content (AvgIpc) is 3.07. The van der Waals surface area contributed by atoms with Crippen LogP contribution in [0.3, 0.4) is 0 Å². The smallest absolute Gasteiger partial charge is 0.339 e. The van der Waals surface area contributed by atoms with Crippen LogP contribution in [0.15, 0.2) is 34.7 Å². The largest absolute Gasteiger partial charge is 0.478 e. The fourth-order valence-corrected chi connectivity index (χ4v) is 3.31. The molecule has 7 nitrogen and oxygen atoms in total. The normalized spacial score (nSPS) is 16.6. The molecule has 0 saturated carbocycles. The SMILES string of the molecule is Cc1oc(CNC(=O)C2CCCN(C(=O)c3ccc(F)cc3)C2)cc1C(=O)O. The minimum atomic E-state index is -1.08. The van der Waals surface area contributed by atoms with Gasteiger partial charge in [0.25, 0.3) is 5.91 Å². The lowest BCUT2D eigenvalue weighted by atomic mass is 9.96. The molecule has 0 aliphatic carbocycles. The zero-order chi connectivity index (χ0) is 20.3. The molecule has 1 atom stereocenters. The van der Waals surface area contributed by atoms with E-state index >= 15 is 0 Å². The molecule has 1 unspecified atom stereocenters. The number of nitrogens with zero attached hydrogens (tertiary/aromatic N) is 1. The number of carbonyl (C=O) groups is 3. The number of aromatic carboxylic acids is 1. The highest BCUT2D eigenvalue weighted by molar-refractivity contribution is 5.94. The average molecular weight is 388 g/mol. The van der Waals surface area contributed by atoms with E-state index in [9.17, 15) is 18.8 Å². The Morgan fingerprint density at radius 3 is 2.64 bits per heavy atom. The van der Waals surface area contributed by atoms with Gasteiger partial charge < -0.3 is 19.7 Å². The van der Waals surface area contributed by atoms with Crippen LogP contribution in [0.2, 0.25) is 0 Å². The van der Waals surface area contributed by atoms with Gasteiger partial charge in [-0.2, -0.15) is 0 Å². The Bertz CT molecular complexity index is 891. The van der Waals surface area contributed by atoms with Crippen molar-refractivity contribution in [2.45, 2.75) is 26.3 Å². The first kappa shape index (κ1) is 19.6. The standard InChI is InChI=1S/C20H21FN2O5/c1-12-17(20(26)27)9-16(28-12)10-22-18(24)14-3-2-8-23(11-14)19(25)13-4-6-15(21)7-5-13/h4-7,9,14H,2-3,8,10-11H2,1H3,(H,22,24)(H,26,27). The summed E-state index contributed by atoms with van der Waals surface area (Å²) in [6.45, 7) is 2.45. The molecule has 1 saturated heterocycles. The van der Waals surface area contributed by atoms with E-state index in [1.54, 1.807) is 11.8 Å². The zero-order valence-corrected chi connectivity index (χ0v) is 15.4. The third-order valence-corrected chi connectivity index (χ3v) is 4.81. The monoisotopic (exact) mass is 388 g/mol. The summed E-state index contributed by atoms with van der Waals surface area (Å²) in [4.78, 5) is 37.7. The van der Waals surface area contributed by atoms with Crippen LogP contribution in [0, 0.1) is 18.7 Å². The fraction of sp³-hybridized carbons (Fsp3) is 0.350. The van der Waals surface area contributed by atoms with Crippen LogP contribution in [-0.4, -0.2) is 40.9 Å². The summed E-state index contributed by atoms with van der Waals surface area (Å²) >= 11 is 0. The van der Waals surface area contributed by atoms with Gasteiger partial charge in [0.05, 0.1) is 12.5 Å². The number of carboxylic acid groups (broad SMARTS) is 1. The number of rotatable bonds is 5. The molecule has 2 amide bonds. The van der Waals surface area contributed by atoms with Gasteiger partial charge in [-0.25, -0.2) is 9.18 Å². The van der Waals surface area contributed by atoms with Crippen LogP contribution in [-0.2, 0) is 11.3 Å². The first-order chi connectivity index (χ1) is 13.3. The zero-order valence-electron chi connectivity index (χ0n) is 15.4. The quantitative estimate of drug-likeness (QED) is 0.820. The van der Waals surface area contributed by atoms with Crippen molar-refractivity contribution in [3.05, 3.63) is 58.8 Å². The number of halogens is 1. The van der Waals surface area contributed by atoms with Gasteiger partial charge in [0, 0.05) is 18.7 Å². The Balaban J connectivity index is 1.58. The molecular formula is C20H21FN2O5. The number of likely N-dealkylation sites (tertiary alicyclic amines) is 1. The summed E-state index contributed by atoms with van der Waals surface area (Å²) in [5, 5.41) is 11.8. The lowest BCUT2D eigenvalue weighted by molar-refractivity contribution is -0.126. The fourth-order valence-electron chi connectivity index (χ4n) is 3.31. The van der Waals surface area contributed by atoms with Crippen LogP contribution < -0.4 is 5.32 Å². The van der Waals surface area contributed by atoms with Crippen molar-refractivity contribution >= 4 is 17.8 Å². The Labute approximate surface area is 161 Å². The van der Waals surface area contributed by atoms with E-state index in [1.165, 1.54) is 30.3 Å². The predicted molar refractivity (Wildman–Crippen MR) is 97.3 cm³/mol. The molecule has 2 heterocycles. The van der Waals surface area contributed by atoms with Gasteiger partial charge in [0.1, 0.15) is 22.9 Å². The van der Waals surface area contributed by atoms with E-state index in [4.69, 9.17) is 9.52 Å². The number of piperidine rings is 1. The molecule has 3 rings (SSSR count). The van der Waals surface area contributed by atoms with E-state index in [0.29, 0.717) is 30.7 Å². The maximum atomic E-state index is 13.0. The molecule has 1 fully saturated rings. The lowest BCUT2D eigenvalue weighted by Crippen LogP contribution is -2.45. The minimum Gasteiger partial charge on any atom is -0.478 e. The third kappa shape index (κ3) is 4.39. The number of carboxylic acids is 1. The van der Waals surface area contributed by atoms with Gasteiger partial charge in [0.15, 0.2) is 0 Å². The second kappa shape index (κ2) is 8.24. The highest BCUT2D eigenvalue weighted by atomic mass is 19.1. The highest BCUT2D eigenvalue weighted by Gasteiger charge is 2.29. The topological polar surface area (TPSA) is 99.9 Å². The predicted octanol–water partition coefficient (Wildman–Crippen LogP) is 2.59. The number of benzene rings is 1. The Kier molecular flexibility index (Phi) is 5.77. The molecule has 1 aliphatic rings. The summed E-state index contributed by atoms with van der Waals surface area (Å²) in [5.74, 6) is -1.67. The number of furan rings is 1. The van der Waals surface area contributed by atoms with Crippen molar-refractivity contribution < 1.29 is 28.3 Å². The molecule has 8 heteroatoms. The molecule has 1 aromatic carbocycles. The lowest BCUT2D eigenvalue weighted by Gasteiger charge is -2.32. The molecule has 28 heavy (non-hydrogen) atoms. The summed E-state index contributed by atoms with van der Waals surface area (Å²) < 4.78 is 18.4. The van der Waals surface area contributed by atoms with Crippen molar-refractivity contribution in [2.75, 3.05) is 13.1 Å². The van der Waals surface area contributed by atoms with Crippen molar-refractivity contribution in [1.29, 1.82) is 0 Å². The molecule has 0 radical (unpaired) electrons. The second-order valence-electron chi connectivity index (χ2n) is 6.80. The third-order valence-electron chi connectivity index (χ3n) is 4.81. The molecule has 0 bridgehead atoms. The van der Waals surface area contributed by atoms with E-state index in [2.05, 4.69) is 5.32 Å². The van der Waals surface area contributed by atoms with Gasteiger partial charge in [0.2, 0.25) is 5.91 Å². The number of hydrogen-bond acceptors (Lipinski definition) is 4. The van der Waals surface area contributed by atoms with Gasteiger partial charge in [-0.1, -0.05) is 0 Å². The Hall–Kier alpha value is -3.16. The summed E-state index contributed by atoms with van der Waals surface area (Å²) in [6.07, 6.45) is 1.34. The van der Waals surface area contributed by atoms with Crippen LogP contribution in [0.1, 0.15) is 45.1 Å². The summed E-state index contributed by atoms with van der Waals surface area (Å²) in [6, 6.07) is 6.72. The summed E-state index contributed by atoms with van der Waals surface area (Å²) in [7, 11) is 0. The maximum Gasteiger partial charge on any atom is 0.339 e. The van der Waals surface area contributed by atoms with Gasteiger partial charge in [-0.3, -0.25) is 9.59 Å². The first-order valence-corrected chi connectivity index (χ1v) is 9.00. The van der Waals surface area contributed by atoms with E-state index in [1.807, 2.05) is 0 Å². The van der Waals surface area contributed by atoms with Gasteiger partial charge in [-0.05, 0) is 50.1 Å². The second-order valence-corrected chi connectivity index (χ2v) is 6.80. The van der Waals surface area contributed by atoms with Crippen molar-refractivity contribution in [1.82, 2.24) is 10.2 Å². The van der Waals surface area contributed by atoms with Crippen LogP contribution in [0.5, 0.6) is 0 Å². The van der Waals surface area contributed by atoms with Crippen molar-refractivity contribution in [3.63, 3.8) is 0 Å². The molecule has 1 aliphatic heterocycles. The number of amides is 2. The Morgan fingerprint density at radius 2 is 2.00 bits per heavy atom. The van der Waals surface area contributed by atoms with Gasteiger partial charge in [-0.15, -0.1) is 0 Å². The molecule has 148 valence electrons. The molecule has 0 spiro atoms. The van der Waals surface area contributed by atoms with Crippen LogP contribution >= 0.6 is 0 Å². The number of hydrogen-bond donors (Lipinski definition) is 2. The Morgan fingerprint density at radius 1 is 1.29 bits per heavy atom. The molecule has 2 N–H and O–H groups in total. The molecular weight excluding hydrogens is 367 g/mol. The minimum absolute atomic E-state index is 0.0676. The van der Waals surface area contributed by atoms with Crippen molar-refractivity contribution in [2.24, 2.45) is 5.92 Å². The number of aryl methyl sites for hydroxylation is 1. The summed E-state index contributed by atoms with van der Waals surface area (Å²) in [5.41, 5.74) is 0.452. The first-order valence-electron chi connectivity index (χ1n) is 9.00. The highest BCUT2D eigenvalue weighted by Crippen LogP contribution is 2.20. The number of nitrogens with one attached hydrogen (secondary N) is 1. The van der Waals surface area contributed by atoms with Crippen LogP contribution in [0.25, 0.3) is 0 Å². The van der Waals surface area contributed by atoms with Crippen LogP contribution in [0.4, 0.5) is 4.39 Å². The molecule has 1 aromatic heterocycles. The van der Waals surface area contributed by atoms with Gasteiger partial charge >= 0.3 is 5.97 Å². The molecule has 2 aromatic rings. The van der Waals surface area contributed by atoms with E-state index in [0.717, 1.165) is 0 Å². The van der Waals surface area contributed by atoms with Crippen molar-refractivity contribution in [3.8, 4) is 0 Å². The maximum absolute atomic E-state index is 13.0.